The van der Waals surface area contributed by atoms with Crippen molar-refractivity contribution in [3.63, 3.8) is 0 Å². The van der Waals surface area contributed by atoms with Crippen molar-refractivity contribution in [1.82, 2.24) is 4.90 Å². The van der Waals surface area contributed by atoms with Crippen LogP contribution < -0.4 is 0 Å². The molecule has 92 valence electrons. The van der Waals surface area contributed by atoms with Gasteiger partial charge in [-0.3, -0.25) is 4.79 Å². The molecule has 0 saturated carbocycles. The number of hydrogen-bond acceptors (Lipinski definition) is 3. The normalized spacial score (nSPS) is 19.7. The first-order chi connectivity index (χ1) is 8.63. The second-order valence-electron chi connectivity index (χ2n) is 4.09. The van der Waals surface area contributed by atoms with Crippen LogP contribution in [0.2, 0.25) is 0 Å². The van der Waals surface area contributed by atoms with Gasteiger partial charge in [0.2, 0.25) is 6.10 Å². The lowest BCUT2D eigenvalue weighted by Crippen LogP contribution is -2.34. The highest BCUT2D eigenvalue weighted by molar-refractivity contribution is 5.99. The Hall–Kier alpha value is -2.28. The molecule has 1 amide bonds. The molecule has 0 fully saturated rings. The molecule has 4 heteroatoms. The van der Waals surface area contributed by atoms with Crippen LogP contribution in [0.5, 0.6) is 0 Å². The van der Waals surface area contributed by atoms with Crippen molar-refractivity contribution < 1.29 is 9.53 Å². The topological polar surface area (TPSA) is 41.9 Å². The Labute approximate surface area is 106 Å². The monoisotopic (exact) mass is 242 g/mol. The van der Waals surface area contributed by atoms with Gasteiger partial charge in [0.1, 0.15) is 0 Å². The molecule has 0 aromatic heterocycles. The van der Waals surface area contributed by atoms with Crippen LogP contribution >= 0.6 is 0 Å². The minimum absolute atomic E-state index is 0.175. The number of carbonyl (C=O) groups excluding carboxylic acids is 1. The van der Waals surface area contributed by atoms with E-state index < -0.39 is 6.10 Å². The van der Waals surface area contributed by atoms with Gasteiger partial charge in [0.25, 0.3) is 11.9 Å². The first-order valence-corrected chi connectivity index (χ1v) is 5.66. The van der Waals surface area contributed by atoms with Crippen molar-refractivity contribution in [1.29, 1.82) is 0 Å². The zero-order chi connectivity index (χ0) is 13.1. The number of amides is 1. The first-order valence-electron chi connectivity index (χ1n) is 5.66. The zero-order valence-electron chi connectivity index (χ0n) is 10.3. The highest BCUT2D eigenvalue weighted by Gasteiger charge is 2.33. The van der Waals surface area contributed by atoms with Gasteiger partial charge in [0.05, 0.1) is 6.04 Å². The van der Waals surface area contributed by atoms with Gasteiger partial charge in [-0.1, -0.05) is 36.3 Å². The van der Waals surface area contributed by atoms with Crippen molar-refractivity contribution in [3.05, 3.63) is 35.9 Å². The Kier molecular flexibility index (Phi) is 3.33. The average Bonchev–Trinajstić information content (AvgIpc) is 2.80. The Morgan fingerprint density at radius 2 is 2.11 bits per heavy atom. The number of benzene rings is 1. The third kappa shape index (κ3) is 2.21. The highest BCUT2D eigenvalue weighted by atomic mass is 16.5. The Morgan fingerprint density at radius 3 is 2.72 bits per heavy atom. The molecule has 2 atom stereocenters. The molecule has 1 aromatic carbocycles. The molecule has 1 heterocycles. The van der Waals surface area contributed by atoms with E-state index in [0.717, 1.165) is 5.56 Å². The van der Waals surface area contributed by atoms with Crippen LogP contribution in [0.25, 0.3) is 0 Å². The summed E-state index contributed by atoms with van der Waals surface area (Å²) in [6.07, 6.45) is 4.68. The summed E-state index contributed by atoms with van der Waals surface area (Å²) in [6.45, 7) is 1.84. The predicted molar refractivity (Wildman–Crippen MR) is 68.8 cm³/mol. The Balaban J connectivity index is 2.16. The molecule has 0 spiro atoms. The minimum atomic E-state index is -0.659. The molecule has 4 nitrogen and oxygen atoms in total. The number of amidine groups is 1. The molecule has 0 bridgehead atoms. The summed E-state index contributed by atoms with van der Waals surface area (Å²) < 4.78 is 5.58. The van der Waals surface area contributed by atoms with Crippen LogP contribution in [0, 0.1) is 12.3 Å². The maximum atomic E-state index is 11.8. The van der Waals surface area contributed by atoms with Gasteiger partial charge in [-0.05, 0) is 6.92 Å². The van der Waals surface area contributed by atoms with Crippen LogP contribution in [0.4, 0.5) is 0 Å². The largest absolute Gasteiger partial charge is 0.446 e. The number of rotatable bonds is 2. The smallest absolute Gasteiger partial charge is 0.297 e. The quantitative estimate of drug-likeness (QED) is 0.740. The van der Waals surface area contributed by atoms with E-state index in [1.165, 1.54) is 0 Å². The summed E-state index contributed by atoms with van der Waals surface area (Å²) >= 11 is 0. The maximum absolute atomic E-state index is 11.8. The van der Waals surface area contributed by atoms with Gasteiger partial charge in [-0.25, -0.2) is 0 Å². The number of aliphatic imine (C=N–C) groups is 1. The standard InChI is InChI=1S/C14H14N2O2/c1-4-10(2)16(3)14-15-13(17)12(18-14)11-8-6-5-7-9-11/h1,5-10,12H,2-3H3. The SMILES string of the molecule is C#CC(C)N(C)C1=NC(=O)C(c2ccccc2)O1. The lowest BCUT2D eigenvalue weighted by molar-refractivity contribution is -0.122. The van der Waals surface area contributed by atoms with E-state index in [-0.39, 0.29) is 18.0 Å². The van der Waals surface area contributed by atoms with Crippen molar-refractivity contribution in [2.75, 3.05) is 7.05 Å². The minimum Gasteiger partial charge on any atom is -0.446 e. The highest BCUT2D eigenvalue weighted by Crippen LogP contribution is 2.25. The molecular weight excluding hydrogens is 228 g/mol. The van der Waals surface area contributed by atoms with E-state index in [9.17, 15) is 4.79 Å². The van der Waals surface area contributed by atoms with Crippen LogP contribution in [-0.2, 0) is 9.53 Å². The molecule has 0 saturated heterocycles. The fourth-order valence-electron chi connectivity index (χ4n) is 1.61. The lowest BCUT2D eigenvalue weighted by Gasteiger charge is -2.22. The summed E-state index contributed by atoms with van der Waals surface area (Å²) in [7, 11) is 1.75. The first kappa shape index (κ1) is 12.2. The summed E-state index contributed by atoms with van der Waals surface area (Å²) in [5.41, 5.74) is 0.794. The summed E-state index contributed by atoms with van der Waals surface area (Å²) in [5.74, 6) is 2.27. The molecular formula is C14H14N2O2. The van der Waals surface area contributed by atoms with Gasteiger partial charge in [0, 0.05) is 12.6 Å². The van der Waals surface area contributed by atoms with Crippen molar-refractivity contribution >= 4 is 11.9 Å². The van der Waals surface area contributed by atoms with Gasteiger partial charge >= 0.3 is 0 Å². The average molecular weight is 242 g/mol. The van der Waals surface area contributed by atoms with Gasteiger partial charge in [-0.2, -0.15) is 4.99 Å². The molecule has 18 heavy (non-hydrogen) atoms. The fourth-order valence-corrected chi connectivity index (χ4v) is 1.61. The summed E-state index contributed by atoms with van der Waals surface area (Å²) in [5, 5.41) is 0. The second kappa shape index (κ2) is 4.92. The molecule has 1 aromatic rings. The second-order valence-corrected chi connectivity index (χ2v) is 4.09. The number of carbonyl (C=O) groups is 1. The van der Waals surface area contributed by atoms with Crippen LogP contribution in [0.1, 0.15) is 18.6 Å². The lowest BCUT2D eigenvalue weighted by atomic mass is 10.1. The Bertz CT molecular complexity index is 516. The van der Waals surface area contributed by atoms with Crippen molar-refractivity contribution in [3.8, 4) is 12.3 Å². The van der Waals surface area contributed by atoms with E-state index in [4.69, 9.17) is 11.2 Å². The van der Waals surface area contributed by atoms with Crippen molar-refractivity contribution in [2.24, 2.45) is 4.99 Å². The van der Waals surface area contributed by atoms with E-state index >= 15 is 0 Å². The number of terminal acetylenes is 1. The number of ether oxygens (including phenoxy) is 1. The van der Waals surface area contributed by atoms with Crippen LogP contribution in [0.15, 0.2) is 35.3 Å². The molecule has 2 unspecified atom stereocenters. The third-order valence-corrected chi connectivity index (χ3v) is 2.88. The molecule has 0 N–H and O–H groups in total. The van der Waals surface area contributed by atoms with E-state index in [0.29, 0.717) is 0 Å². The molecule has 1 aliphatic heterocycles. The van der Waals surface area contributed by atoms with Gasteiger partial charge < -0.3 is 9.64 Å². The summed E-state index contributed by atoms with van der Waals surface area (Å²) in [6, 6.07) is 9.38. The van der Waals surface area contributed by atoms with Crippen molar-refractivity contribution in [2.45, 2.75) is 19.1 Å². The summed E-state index contributed by atoms with van der Waals surface area (Å²) in [4.78, 5) is 17.4. The predicted octanol–water partition coefficient (Wildman–Crippen LogP) is 1.59. The number of hydrogen-bond donors (Lipinski definition) is 0. The molecule has 0 radical (unpaired) electrons. The van der Waals surface area contributed by atoms with Gasteiger partial charge in [0.15, 0.2) is 0 Å². The third-order valence-electron chi connectivity index (χ3n) is 2.88. The fraction of sp³-hybridized carbons (Fsp3) is 0.286. The maximum Gasteiger partial charge on any atom is 0.297 e. The van der Waals surface area contributed by atoms with E-state index in [2.05, 4.69) is 10.9 Å². The Morgan fingerprint density at radius 1 is 1.44 bits per heavy atom. The zero-order valence-corrected chi connectivity index (χ0v) is 10.3. The van der Waals surface area contributed by atoms with Gasteiger partial charge in [-0.15, -0.1) is 6.42 Å². The van der Waals surface area contributed by atoms with Crippen LogP contribution in [0.3, 0.4) is 0 Å². The van der Waals surface area contributed by atoms with E-state index in [1.54, 1.807) is 11.9 Å². The van der Waals surface area contributed by atoms with E-state index in [1.807, 2.05) is 37.3 Å². The van der Waals surface area contributed by atoms with Crippen LogP contribution in [-0.4, -0.2) is 29.9 Å². The molecule has 2 rings (SSSR count). The molecule has 0 aliphatic carbocycles. The molecule has 1 aliphatic rings. The number of nitrogens with zero attached hydrogens (tertiary/aromatic N) is 2.